The molecule has 6 bridgehead atoms. The van der Waals surface area contributed by atoms with Gasteiger partial charge in [0.1, 0.15) is 11.7 Å². The van der Waals surface area contributed by atoms with Crippen LogP contribution in [0.1, 0.15) is 64.9 Å². The van der Waals surface area contributed by atoms with Crippen molar-refractivity contribution in [2.45, 2.75) is 83.5 Å². The molecule has 1 spiro atoms. The van der Waals surface area contributed by atoms with E-state index in [-0.39, 0.29) is 28.3 Å². The SMILES string of the molecule is COC1C=C(O)C2C3C4CC(C)(C12O)C3(C)C12CC(Cc3cccc(NCC(C)O)c3)CC1CCC4C2. The molecule has 12 unspecified atom stereocenters. The Morgan fingerprint density at radius 2 is 1.97 bits per heavy atom. The Bertz CT molecular complexity index is 1130. The molecule has 0 amide bonds. The lowest BCUT2D eigenvalue weighted by atomic mass is 9.42. The molecule has 0 radical (unpaired) electrons. The maximum absolute atomic E-state index is 12.5. The fourth-order valence-electron chi connectivity index (χ4n) is 12.1. The van der Waals surface area contributed by atoms with Gasteiger partial charge in [0.25, 0.3) is 0 Å². The van der Waals surface area contributed by atoms with E-state index in [2.05, 4.69) is 43.4 Å². The zero-order valence-electron chi connectivity index (χ0n) is 22.9. The third-order valence-corrected chi connectivity index (χ3v) is 13.2. The molecular weight excluding hydrogens is 462 g/mol. The van der Waals surface area contributed by atoms with Gasteiger partial charge in [-0.15, -0.1) is 0 Å². The third kappa shape index (κ3) is 2.77. The van der Waals surface area contributed by atoms with Crippen molar-refractivity contribution in [2.75, 3.05) is 19.0 Å². The van der Waals surface area contributed by atoms with Gasteiger partial charge in [0.2, 0.25) is 0 Å². The van der Waals surface area contributed by atoms with Crippen LogP contribution in [0.4, 0.5) is 5.69 Å². The van der Waals surface area contributed by atoms with Gasteiger partial charge in [-0.2, -0.15) is 0 Å². The molecule has 12 atom stereocenters. The summed E-state index contributed by atoms with van der Waals surface area (Å²) in [4.78, 5) is 0. The summed E-state index contributed by atoms with van der Waals surface area (Å²) in [5.74, 6) is 3.22. The molecule has 1 aromatic carbocycles. The minimum absolute atomic E-state index is 0.000107. The lowest BCUT2D eigenvalue weighted by Crippen LogP contribution is -2.60. The van der Waals surface area contributed by atoms with Gasteiger partial charge in [-0.25, -0.2) is 0 Å². The van der Waals surface area contributed by atoms with Gasteiger partial charge in [-0.3, -0.25) is 0 Å². The summed E-state index contributed by atoms with van der Waals surface area (Å²) in [6.07, 6.45) is 9.65. The molecule has 7 rings (SSSR count). The number of ether oxygens (including phenoxy) is 1. The number of aliphatic hydroxyl groups excluding tert-OH is 2. The smallest absolute Gasteiger partial charge is 0.110 e. The van der Waals surface area contributed by atoms with E-state index < -0.39 is 11.7 Å². The lowest BCUT2D eigenvalue weighted by molar-refractivity contribution is -0.187. The van der Waals surface area contributed by atoms with Crippen LogP contribution in [0.5, 0.6) is 0 Å². The number of rotatable bonds is 6. The van der Waals surface area contributed by atoms with E-state index in [1.807, 2.05) is 13.0 Å². The molecule has 5 saturated carbocycles. The summed E-state index contributed by atoms with van der Waals surface area (Å²) < 4.78 is 5.87. The highest BCUT2D eigenvalue weighted by atomic mass is 16.5. The van der Waals surface area contributed by atoms with E-state index >= 15 is 0 Å². The van der Waals surface area contributed by atoms with E-state index in [9.17, 15) is 15.3 Å². The van der Waals surface area contributed by atoms with Gasteiger partial charge in [0.05, 0.1) is 17.8 Å². The van der Waals surface area contributed by atoms with Gasteiger partial charge in [-0.05, 0) is 116 Å². The highest BCUT2D eigenvalue weighted by molar-refractivity contribution is 5.46. The van der Waals surface area contributed by atoms with Crippen molar-refractivity contribution in [1.29, 1.82) is 0 Å². The number of hydrogen-bond acceptors (Lipinski definition) is 5. The van der Waals surface area contributed by atoms with E-state index in [1.165, 1.54) is 37.7 Å². The topological polar surface area (TPSA) is 82.0 Å². The van der Waals surface area contributed by atoms with Crippen molar-refractivity contribution in [3.8, 4) is 0 Å². The summed E-state index contributed by atoms with van der Waals surface area (Å²) in [7, 11) is 1.69. The highest BCUT2D eigenvalue weighted by Crippen LogP contribution is 2.88. The van der Waals surface area contributed by atoms with Crippen LogP contribution in [0.25, 0.3) is 0 Å². The molecule has 5 fully saturated rings. The van der Waals surface area contributed by atoms with E-state index in [0.717, 1.165) is 24.4 Å². The molecule has 1 aromatic rings. The molecular formula is C32H45NO4. The minimum Gasteiger partial charge on any atom is -0.512 e. The van der Waals surface area contributed by atoms with Crippen molar-refractivity contribution < 1.29 is 20.1 Å². The number of nitrogens with one attached hydrogen (secondary N) is 1. The molecule has 202 valence electrons. The molecule has 6 aliphatic carbocycles. The number of benzene rings is 1. The second kappa shape index (κ2) is 7.76. The normalized spacial score (nSPS) is 51.5. The molecule has 0 saturated heterocycles. The molecule has 0 heterocycles. The Morgan fingerprint density at radius 3 is 2.73 bits per heavy atom. The largest absolute Gasteiger partial charge is 0.512 e. The van der Waals surface area contributed by atoms with Crippen LogP contribution in [0.3, 0.4) is 0 Å². The molecule has 37 heavy (non-hydrogen) atoms. The van der Waals surface area contributed by atoms with Crippen molar-refractivity contribution in [3.63, 3.8) is 0 Å². The van der Waals surface area contributed by atoms with Gasteiger partial charge in [-0.1, -0.05) is 26.0 Å². The first kappa shape index (κ1) is 24.5. The number of methoxy groups -OCH3 is 1. The summed E-state index contributed by atoms with van der Waals surface area (Å²) in [6, 6.07) is 8.75. The van der Waals surface area contributed by atoms with Crippen molar-refractivity contribution in [1.82, 2.24) is 0 Å². The van der Waals surface area contributed by atoms with Crippen molar-refractivity contribution >= 4 is 5.69 Å². The Morgan fingerprint density at radius 1 is 1.16 bits per heavy atom. The van der Waals surface area contributed by atoms with Crippen molar-refractivity contribution in [2.24, 2.45) is 51.8 Å². The predicted octanol–water partition coefficient (Wildman–Crippen LogP) is 5.33. The lowest BCUT2D eigenvalue weighted by Gasteiger charge is -2.62. The fourth-order valence-corrected chi connectivity index (χ4v) is 12.1. The monoisotopic (exact) mass is 507 g/mol. The highest BCUT2D eigenvalue weighted by Gasteiger charge is 2.88. The Hall–Kier alpha value is -1.56. The average molecular weight is 508 g/mol. The molecule has 4 N–H and O–H groups in total. The first-order valence-corrected chi connectivity index (χ1v) is 14.8. The van der Waals surface area contributed by atoms with E-state index in [4.69, 9.17) is 4.74 Å². The Balaban J connectivity index is 1.23. The van der Waals surface area contributed by atoms with Crippen LogP contribution >= 0.6 is 0 Å². The summed E-state index contributed by atoms with van der Waals surface area (Å²) >= 11 is 0. The zero-order chi connectivity index (χ0) is 26.0. The maximum Gasteiger partial charge on any atom is 0.110 e. The van der Waals surface area contributed by atoms with Gasteiger partial charge in [0.15, 0.2) is 0 Å². The zero-order valence-corrected chi connectivity index (χ0v) is 22.9. The number of hydrogen-bond donors (Lipinski definition) is 4. The van der Waals surface area contributed by atoms with Crippen LogP contribution in [-0.2, 0) is 11.2 Å². The fraction of sp³-hybridized carbons (Fsp3) is 0.750. The molecule has 0 aromatic heterocycles. The second-order valence-electron chi connectivity index (χ2n) is 14.3. The minimum atomic E-state index is -1.01. The third-order valence-electron chi connectivity index (χ3n) is 13.2. The number of anilines is 1. The van der Waals surface area contributed by atoms with Crippen LogP contribution in [0, 0.1) is 51.8 Å². The first-order chi connectivity index (χ1) is 17.6. The molecule has 0 aliphatic heterocycles. The molecule has 6 aliphatic rings. The number of fused-ring (bicyclic) bond motifs is 4. The van der Waals surface area contributed by atoms with Crippen LogP contribution in [0.2, 0.25) is 0 Å². The summed E-state index contributed by atoms with van der Waals surface area (Å²) in [6.45, 7) is 7.28. The standard InChI is InChI=1S/C32H45NO4/c1-18(34)17-33-23-7-5-6-19(12-23)10-20-11-22-9-8-21-15-31(22,14-20)30(3)27-24(21)16-29(30,2)32(36)26(37-4)13-25(35)28(27)32/h5-7,12-13,18,20-22,24,26-28,33-36H,8-11,14-17H2,1-4H3. The predicted molar refractivity (Wildman–Crippen MR) is 144 cm³/mol. The number of aliphatic hydroxyl groups is 3. The molecule has 5 nitrogen and oxygen atoms in total. The average Bonchev–Trinajstić information content (AvgIpc) is 3.47. The molecule has 5 heteroatoms. The van der Waals surface area contributed by atoms with Gasteiger partial charge in [0, 0.05) is 24.8 Å². The summed E-state index contributed by atoms with van der Waals surface area (Å²) in [5, 5.41) is 36.8. The van der Waals surface area contributed by atoms with Crippen LogP contribution in [0.15, 0.2) is 36.1 Å². The van der Waals surface area contributed by atoms with Gasteiger partial charge < -0.3 is 25.4 Å². The van der Waals surface area contributed by atoms with Crippen LogP contribution in [-0.4, -0.2) is 46.8 Å². The van der Waals surface area contributed by atoms with E-state index in [0.29, 0.717) is 36.0 Å². The van der Waals surface area contributed by atoms with Gasteiger partial charge >= 0.3 is 0 Å². The maximum atomic E-state index is 12.5. The quantitative estimate of drug-likeness (QED) is 0.419. The Kier molecular flexibility index (Phi) is 5.13. The van der Waals surface area contributed by atoms with E-state index in [1.54, 1.807) is 7.11 Å². The summed E-state index contributed by atoms with van der Waals surface area (Å²) in [5.41, 5.74) is 1.42. The first-order valence-electron chi connectivity index (χ1n) is 14.8. The second-order valence-corrected chi connectivity index (χ2v) is 14.3. The van der Waals surface area contributed by atoms with Crippen LogP contribution < -0.4 is 5.32 Å². The Labute approximate surface area is 221 Å². The van der Waals surface area contributed by atoms with Crippen molar-refractivity contribution in [3.05, 3.63) is 41.7 Å².